The van der Waals surface area contributed by atoms with Gasteiger partial charge in [-0.15, -0.1) is 0 Å². The van der Waals surface area contributed by atoms with Crippen LogP contribution in [0.15, 0.2) is 24.3 Å². The van der Waals surface area contributed by atoms with Crippen molar-refractivity contribution in [2.75, 3.05) is 33.3 Å². The first-order chi connectivity index (χ1) is 9.38. The molecule has 0 bridgehead atoms. The summed E-state index contributed by atoms with van der Waals surface area (Å²) in [6.07, 6.45) is 4.16. The third kappa shape index (κ3) is 2.77. The van der Waals surface area contributed by atoms with Crippen LogP contribution >= 0.6 is 0 Å². The van der Waals surface area contributed by atoms with Crippen LogP contribution in [0.4, 0.5) is 0 Å². The van der Waals surface area contributed by atoms with Crippen molar-refractivity contribution in [1.29, 1.82) is 0 Å². The number of ether oxygens (including phenoxy) is 1. The number of nitrogens with one attached hydrogen (secondary N) is 1. The molecule has 1 saturated carbocycles. The third-order valence-corrected chi connectivity index (χ3v) is 4.58. The Labute approximate surface area is 115 Å². The molecule has 2 fully saturated rings. The number of nitrogens with zero attached hydrogens (tertiary/aromatic N) is 1. The van der Waals surface area contributed by atoms with Gasteiger partial charge < -0.3 is 10.1 Å². The first kappa shape index (κ1) is 12.9. The molecule has 0 amide bonds. The molecule has 1 N–H and O–H groups in total. The van der Waals surface area contributed by atoms with Crippen LogP contribution in [0, 0.1) is 5.92 Å². The summed E-state index contributed by atoms with van der Waals surface area (Å²) >= 11 is 0. The van der Waals surface area contributed by atoms with E-state index in [9.17, 15) is 0 Å². The van der Waals surface area contributed by atoms with E-state index in [2.05, 4.69) is 28.4 Å². The molecule has 3 rings (SSSR count). The van der Waals surface area contributed by atoms with Gasteiger partial charge >= 0.3 is 0 Å². The molecular formula is C16H24N2O. The van der Waals surface area contributed by atoms with Gasteiger partial charge in [0, 0.05) is 32.2 Å². The minimum atomic E-state index is 0.589. The topological polar surface area (TPSA) is 24.5 Å². The van der Waals surface area contributed by atoms with Crippen molar-refractivity contribution in [2.45, 2.75) is 25.3 Å². The van der Waals surface area contributed by atoms with Crippen LogP contribution in [0.25, 0.3) is 0 Å². The molecule has 19 heavy (non-hydrogen) atoms. The Morgan fingerprint density at radius 2 is 2.05 bits per heavy atom. The lowest BCUT2D eigenvalue weighted by molar-refractivity contribution is 0.0836. The second-order valence-electron chi connectivity index (χ2n) is 5.70. The quantitative estimate of drug-likeness (QED) is 0.900. The van der Waals surface area contributed by atoms with Crippen molar-refractivity contribution in [2.24, 2.45) is 5.92 Å². The van der Waals surface area contributed by atoms with Crippen molar-refractivity contribution < 1.29 is 4.74 Å². The van der Waals surface area contributed by atoms with E-state index in [1.54, 1.807) is 7.11 Å². The second kappa shape index (κ2) is 5.93. The summed E-state index contributed by atoms with van der Waals surface area (Å²) in [6.45, 7) is 4.57. The Hall–Kier alpha value is -1.06. The van der Waals surface area contributed by atoms with Crippen molar-refractivity contribution in [3.05, 3.63) is 29.8 Å². The van der Waals surface area contributed by atoms with Gasteiger partial charge in [-0.1, -0.05) is 18.6 Å². The maximum absolute atomic E-state index is 5.39. The van der Waals surface area contributed by atoms with Crippen molar-refractivity contribution in [3.63, 3.8) is 0 Å². The van der Waals surface area contributed by atoms with Crippen molar-refractivity contribution >= 4 is 0 Å². The predicted molar refractivity (Wildman–Crippen MR) is 77.5 cm³/mol. The molecule has 3 nitrogen and oxygen atoms in total. The van der Waals surface area contributed by atoms with Crippen LogP contribution in [-0.4, -0.2) is 38.2 Å². The Bertz CT molecular complexity index is 411. The summed E-state index contributed by atoms with van der Waals surface area (Å²) < 4.78 is 5.39. The number of rotatable bonds is 4. The monoisotopic (exact) mass is 260 g/mol. The highest BCUT2D eigenvalue weighted by Gasteiger charge is 2.33. The summed E-state index contributed by atoms with van der Waals surface area (Å²) in [5, 5.41) is 3.45. The molecular weight excluding hydrogens is 236 g/mol. The van der Waals surface area contributed by atoms with E-state index >= 15 is 0 Å². The molecule has 1 saturated heterocycles. The van der Waals surface area contributed by atoms with E-state index in [-0.39, 0.29) is 0 Å². The number of methoxy groups -OCH3 is 1. The van der Waals surface area contributed by atoms with E-state index in [1.165, 1.54) is 37.9 Å². The number of benzene rings is 1. The van der Waals surface area contributed by atoms with Gasteiger partial charge in [0.2, 0.25) is 0 Å². The highest BCUT2D eigenvalue weighted by Crippen LogP contribution is 2.42. The van der Waals surface area contributed by atoms with E-state index < -0.39 is 0 Å². The molecule has 1 atom stereocenters. The molecule has 1 aliphatic heterocycles. The maximum Gasteiger partial charge on any atom is 0.119 e. The summed E-state index contributed by atoms with van der Waals surface area (Å²) in [6, 6.07) is 9.26. The van der Waals surface area contributed by atoms with E-state index in [4.69, 9.17) is 4.74 Å². The third-order valence-electron chi connectivity index (χ3n) is 4.58. The van der Waals surface area contributed by atoms with Gasteiger partial charge in [0.1, 0.15) is 5.75 Å². The van der Waals surface area contributed by atoms with Crippen LogP contribution in [0.2, 0.25) is 0 Å². The fourth-order valence-electron chi connectivity index (χ4n) is 3.32. The summed E-state index contributed by atoms with van der Waals surface area (Å²) in [5.41, 5.74) is 1.44. The molecule has 1 aromatic carbocycles. The summed E-state index contributed by atoms with van der Waals surface area (Å²) in [4.78, 5) is 2.66. The molecule has 0 spiro atoms. The lowest BCUT2D eigenvalue weighted by Crippen LogP contribution is -2.47. The fraction of sp³-hybridized carbons (Fsp3) is 0.625. The van der Waals surface area contributed by atoms with E-state index in [0.717, 1.165) is 24.8 Å². The lowest BCUT2D eigenvalue weighted by Gasteiger charge is -2.43. The van der Waals surface area contributed by atoms with Gasteiger partial charge in [-0.25, -0.2) is 0 Å². The number of piperazine rings is 1. The number of hydrogen-bond donors (Lipinski definition) is 1. The molecule has 104 valence electrons. The zero-order valence-electron chi connectivity index (χ0n) is 11.8. The van der Waals surface area contributed by atoms with Gasteiger partial charge in [0.05, 0.1) is 7.11 Å². The zero-order chi connectivity index (χ0) is 13.1. The van der Waals surface area contributed by atoms with E-state index in [0.29, 0.717) is 6.04 Å². The van der Waals surface area contributed by atoms with E-state index in [1.807, 2.05) is 6.07 Å². The van der Waals surface area contributed by atoms with Crippen LogP contribution < -0.4 is 10.1 Å². The SMILES string of the molecule is COc1cccc(C(C2CCC2)N2CCNCC2)c1. The minimum absolute atomic E-state index is 0.589. The number of hydrogen-bond acceptors (Lipinski definition) is 3. The fourth-order valence-corrected chi connectivity index (χ4v) is 3.32. The van der Waals surface area contributed by atoms with Gasteiger partial charge in [-0.05, 0) is 36.5 Å². The van der Waals surface area contributed by atoms with Crippen molar-refractivity contribution in [3.8, 4) is 5.75 Å². The summed E-state index contributed by atoms with van der Waals surface area (Å²) in [5.74, 6) is 1.82. The molecule has 3 heteroatoms. The molecule has 1 unspecified atom stereocenters. The second-order valence-corrected chi connectivity index (χ2v) is 5.70. The minimum Gasteiger partial charge on any atom is -0.497 e. The predicted octanol–water partition coefficient (Wildman–Crippen LogP) is 2.44. The first-order valence-electron chi connectivity index (χ1n) is 7.47. The molecule has 1 heterocycles. The standard InChI is InChI=1S/C16H24N2O/c1-19-15-7-3-6-14(12-15)16(13-4-2-5-13)18-10-8-17-9-11-18/h3,6-7,12-13,16-17H,2,4-5,8-11H2,1H3. The van der Waals surface area contributed by atoms with Crippen molar-refractivity contribution in [1.82, 2.24) is 10.2 Å². The molecule has 0 radical (unpaired) electrons. The average molecular weight is 260 g/mol. The smallest absolute Gasteiger partial charge is 0.119 e. The first-order valence-corrected chi connectivity index (χ1v) is 7.47. The Balaban J connectivity index is 1.84. The largest absolute Gasteiger partial charge is 0.497 e. The van der Waals surface area contributed by atoms with Gasteiger partial charge in [0.25, 0.3) is 0 Å². The zero-order valence-corrected chi connectivity index (χ0v) is 11.8. The molecule has 2 aliphatic rings. The highest BCUT2D eigenvalue weighted by atomic mass is 16.5. The maximum atomic E-state index is 5.39. The van der Waals surface area contributed by atoms with Crippen LogP contribution in [0.3, 0.4) is 0 Å². The van der Waals surface area contributed by atoms with Gasteiger partial charge in [0.15, 0.2) is 0 Å². The molecule has 1 aromatic rings. The Morgan fingerprint density at radius 3 is 2.68 bits per heavy atom. The summed E-state index contributed by atoms with van der Waals surface area (Å²) in [7, 11) is 1.75. The lowest BCUT2D eigenvalue weighted by atomic mass is 9.76. The Kier molecular flexibility index (Phi) is 4.04. The van der Waals surface area contributed by atoms with Gasteiger partial charge in [-0.3, -0.25) is 4.90 Å². The molecule has 1 aliphatic carbocycles. The van der Waals surface area contributed by atoms with Crippen LogP contribution in [-0.2, 0) is 0 Å². The average Bonchev–Trinajstić information content (AvgIpc) is 2.43. The highest BCUT2D eigenvalue weighted by molar-refractivity contribution is 5.31. The van der Waals surface area contributed by atoms with Crippen LogP contribution in [0.5, 0.6) is 5.75 Å². The Morgan fingerprint density at radius 1 is 1.26 bits per heavy atom. The van der Waals surface area contributed by atoms with Crippen LogP contribution in [0.1, 0.15) is 30.9 Å². The van der Waals surface area contributed by atoms with Gasteiger partial charge in [-0.2, -0.15) is 0 Å². The molecule has 0 aromatic heterocycles. The normalized spacial score (nSPS) is 22.8.